The van der Waals surface area contributed by atoms with E-state index in [4.69, 9.17) is 0 Å². The van der Waals surface area contributed by atoms with Crippen LogP contribution in [0.25, 0.3) is 5.65 Å². The molecule has 0 aliphatic carbocycles. The lowest BCUT2D eigenvalue weighted by atomic mass is 9.88. The van der Waals surface area contributed by atoms with Crippen molar-refractivity contribution in [2.75, 3.05) is 17.5 Å². The summed E-state index contributed by atoms with van der Waals surface area (Å²) >= 11 is 0. The maximum Gasteiger partial charge on any atom is 0.277 e. The van der Waals surface area contributed by atoms with Crippen molar-refractivity contribution in [2.24, 2.45) is 5.92 Å². The van der Waals surface area contributed by atoms with Gasteiger partial charge in [-0.1, -0.05) is 18.6 Å². The highest BCUT2D eigenvalue weighted by atomic mass is 32.2. The van der Waals surface area contributed by atoms with Gasteiger partial charge in [-0.05, 0) is 51.7 Å². The number of anilines is 1. The Bertz CT molecular complexity index is 1410. The predicted octanol–water partition coefficient (Wildman–Crippen LogP) is 2.93. The Hall–Kier alpha value is -3.14. The van der Waals surface area contributed by atoms with Crippen LogP contribution in [0.5, 0.6) is 0 Å². The molecule has 2 atom stereocenters. The summed E-state index contributed by atoms with van der Waals surface area (Å²) in [5, 5.41) is 4.58. The Kier molecular flexibility index (Phi) is 5.81. The summed E-state index contributed by atoms with van der Waals surface area (Å²) in [6.45, 7) is 8.03. The molecule has 1 fully saturated rings. The number of hydrogen-bond acceptors (Lipinski definition) is 5. The number of benzene rings is 1. The fourth-order valence-electron chi connectivity index (χ4n) is 4.54. The van der Waals surface area contributed by atoms with Crippen molar-refractivity contribution in [2.45, 2.75) is 46.6 Å². The molecule has 1 aliphatic rings. The highest BCUT2D eigenvalue weighted by molar-refractivity contribution is 7.92. The first-order valence-corrected chi connectivity index (χ1v) is 12.8. The molecule has 1 aromatic carbocycles. The molecule has 4 rings (SSSR count). The molecule has 33 heavy (non-hydrogen) atoms. The molecule has 0 bridgehead atoms. The number of piperidine rings is 1. The molecule has 1 saturated heterocycles. The van der Waals surface area contributed by atoms with Gasteiger partial charge in [-0.2, -0.15) is 9.61 Å². The van der Waals surface area contributed by atoms with Crippen molar-refractivity contribution in [3.05, 3.63) is 62.7 Å². The molecule has 0 radical (unpaired) electrons. The zero-order chi connectivity index (χ0) is 24.1. The molecule has 3 heterocycles. The molecule has 9 nitrogen and oxygen atoms in total. The molecule has 0 spiro atoms. The predicted molar refractivity (Wildman–Crippen MR) is 127 cm³/mol. The van der Waals surface area contributed by atoms with Crippen LogP contribution in [0.2, 0.25) is 0 Å². The van der Waals surface area contributed by atoms with E-state index in [9.17, 15) is 18.0 Å². The number of nitrogens with one attached hydrogen (secondary N) is 2. The first kappa shape index (κ1) is 23.0. The topological polar surface area (TPSA) is 117 Å². The monoisotopic (exact) mass is 471 g/mol. The number of nitrogens with zero attached hydrogens (tertiary/aromatic N) is 3. The maximum absolute atomic E-state index is 13.8. The van der Waals surface area contributed by atoms with E-state index in [2.05, 4.69) is 21.7 Å². The lowest BCUT2D eigenvalue weighted by Gasteiger charge is -2.39. The van der Waals surface area contributed by atoms with E-state index in [1.165, 1.54) is 4.52 Å². The number of amides is 1. The Morgan fingerprint density at radius 1 is 1.21 bits per heavy atom. The molecular weight excluding hydrogens is 442 g/mol. The summed E-state index contributed by atoms with van der Waals surface area (Å²) in [4.78, 5) is 31.4. The molecule has 2 aromatic heterocycles. The maximum atomic E-state index is 13.8. The van der Waals surface area contributed by atoms with Crippen LogP contribution in [-0.4, -0.2) is 46.6 Å². The Morgan fingerprint density at radius 3 is 2.64 bits per heavy atom. The number of aromatic amines is 1. The van der Waals surface area contributed by atoms with E-state index >= 15 is 0 Å². The van der Waals surface area contributed by atoms with Gasteiger partial charge in [0.15, 0.2) is 0 Å². The van der Waals surface area contributed by atoms with Crippen LogP contribution in [0.3, 0.4) is 0 Å². The van der Waals surface area contributed by atoms with Gasteiger partial charge in [-0.25, -0.2) is 8.42 Å². The molecule has 2 unspecified atom stereocenters. The molecule has 1 amide bonds. The van der Waals surface area contributed by atoms with Crippen LogP contribution in [0.15, 0.2) is 29.1 Å². The molecule has 176 valence electrons. The third kappa shape index (κ3) is 4.39. The summed E-state index contributed by atoms with van der Waals surface area (Å²) in [5.74, 6) is -0.154. The number of aryl methyl sites for hydroxylation is 2. The number of rotatable bonds is 4. The fraction of sp³-hybridized carbons (Fsp3) is 0.435. The van der Waals surface area contributed by atoms with Gasteiger partial charge in [0.25, 0.3) is 11.5 Å². The van der Waals surface area contributed by atoms with Gasteiger partial charge in [0.1, 0.15) is 5.65 Å². The zero-order valence-electron chi connectivity index (χ0n) is 19.5. The number of carbonyl (C=O) groups is 1. The average molecular weight is 472 g/mol. The van der Waals surface area contributed by atoms with Gasteiger partial charge in [-0.3, -0.25) is 14.3 Å². The number of hydrogen-bond donors (Lipinski definition) is 2. The highest BCUT2D eigenvalue weighted by Crippen LogP contribution is 2.37. The van der Waals surface area contributed by atoms with Crippen molar-refractivity contribution in [3.8, 4) is 0 Å². The van der Waals surface area contributed by atoms with Crippen molar-refractivity contribution in [1.82, 2.24) is 19.5 Å². The van der Waals surface area contributed by atoms with Crippen molar-refractivity contribution < 1.29 is 13.2 Å². The third-order valence-corrected chi connectivity index (χ3v) is 6.91. The van der Waals surface area contributed by atoms with Crippen LogP contribution in [0.4, 0.5) is 5.69 Å². The lowest BCUT2D eigenvalue weighted by molar-refractivity contribution is 0.0505. The second kappa shape index (κ2) is 8.33. The van der Waals surface area contributed by atoms with Crippen LogP contribution in [0.1, 0.15) is 58.7 Å². The molecule has 10 heteroatoms. The summed E-state index contributed by atoms with van der Waals surface area (Å²) < 4.78 is 27.6. The van der Waals surface area contributed by atoms with E-state index < -0.39 is 10.0 Å². The smallest absolute Gasteiger partial charge is 0.277 e. The summed E-state index contributed by atoms with van der Waals surface area (Å²) in [7, 11) is -3.56. The van der Waals surface area contributed by atoms with Crippen LogP contribution in [-0.2, 0) is 10.0 Å². The van der Waals surface area contributed by atoms with Gasteiger partial charge in [0.2, 0.25) is 10.0 Å². The number of H-pyrrole nitrogens is 1. The molecular formula is C23H29N5O4S. The largest absolute Gasteiger partial charge is 0.343 e. The van der Waals surface area contributed by atoms with Gasteiger partial charge < -0.3 is 9.88 Å². The summed E-state index contributed by atoms with van der Waals surface area (Å²) in [5.41, 5.74) is 3.80. The van der Waals surface area contributed by atoms with Gasteiger partial charge in [-0.15, -0.1) is 0 Å². The minimum atomic E-state index is -3.56. The van der Waals surface area contributed by atoms with E-state index in [1.807, 2.05) is 19.9 Å². The zero-order valence-corrected chi connectivity index (χ0v) is 20.3. The molecule has 2 N–H and O–H groups in total. The van der Waals surface area contributed by atoms with Crippen LogP contribution < -0.4 is 10.3 Å². The van der Waals surface area contributed by atoms with E-state index in [0.717, 1.165) is 30.4 Å². The standard InChI is InChI=1S/C23H29N5O4S/c1-13-8-9-18(26-33(5,31)32)17(11-13)23(30)27-10-6-7-14(2)21(27)19-12-20-24-16(4)15(3)22(29)28(20)25-19/h8-9,11-12,14,21,24,26H,6-7,10H2,1-5H3. The molecule has 1 aliphatic heterocycles. The number of carbonyl (C=O) groups excluding carboxylic acids is 1. The van der Waals surface area contributed by atoms with E-state index in [-0.39, 0.29) is 29.1 Å². The second-order valence-corrected chi connectivity index (χ2v) is 10.8. The number of likely N-dealkylation sites (tertiary alicyclic amines) is 1. The number of aromatic nitrogens is 3. The Labute approximate surface area is 192 Å². The normalized spacial score (nSPS) is 19.1. The molecule has 3 aromatic rings. The minimum absolute atomic E-state index is 0.112. The van der Waals surface area contributed by atoms with E-state index in [1.54, 1.807) is 30.0 Å². The van der Waals surface area contributed by atoms with Crippen LogP contribution in [0, 0.1) is 26.7 Å². The average Bonchev–Trinajstić information content (AvgIpc) is 3.15. The van der Waals surface area contributed by atoms with Crippen LogP contribution >= 0.6 is 0 Å². The van der Waals surface area contributed by atoms with Crippen molar-refractivity contribution >= 4 is 27.3 Å². The Balaban J connectivity index is 1.80. The Morgan fingerprint density at radius 2 is 1.94 bits per heavy atom. The first-order valence-electron chi connectivity index (χ1n) is 10.9. The number of fused-ring (bicyclic) bond motifs is 1. The minimum Gasteiger partial charge on any atom is -0.343 e. The van der Waals surface area contributed by atoms with Crippen molar-refractivity contribution in [3.63, 3.8) is 0 Å². The quantitative estimate of drug-likeness (QED) is 0.607. The van der Waals surface area contributed by atoms with E-state index in [0.29, 0.717) is 29.0 Å². The van der Waals surface area contributed by atoms with Crippen molar-refractivity contribution in [1.29, 1.82) is 0 Å². The first-order chi connectivity index (χ1) is 15.5. The molecule has 0 saturated carbocycles. The fourth-order valence-corrected chi connectivity index (χ4v) is 5.12. The SMILES string of the molecule is Cc1ccc(NS(C)(=O)=O)c(C(=O)N2CCCC(C)C2c2cc3[nH]c(C)c(C)c(=O)n3n2)c1. The summed E-state index contributed by atoms with van der Waals surface area (Å²) in [6, 6.07) is 6.56. The van der Waals surface area contributed by atoms with Gasteiger partial charge in [0.05, 0.1) is 29.2 Å². The summed E-state index contributed by atoms with van der Waals surface area (Å²) in [6.07, 6.45) is 2.80. The van der Waals surface area contributed by atoms with Gasteiger partial charge >= 0.3 is 0 Å². The second-order valence-electron chi connectivity index (χ2n) is 9.03. The number of sulfonamides is 1. The van der Waals surface area contributed by atoms with Gasteiger partial charge in [0, 0.05) is 23.9 Å². The third-order valence-electron chi connectivity index (χ3n) is 6.32. The lowest BCUT2D eigenvalue weighted by Crippen LogP contribution is -2.42. The highest BCUT2D eigenvalue weighted by Gasteiger charge is 2.36.